The Kier molecular flexibility index (Phi) is 5.39. The van der Waals surface area contributed by atoms with Crippen molar-refractivity contribution in [2.24, 2.45) is 35.5 Å². The van der Waals surface area contributed by atoms with E-state index in [1.807, 2.05) is 48.5 Å². The molecule has 1 N–H and O–H groups in total. The summed E-state index contributed by atoms with van der Waals surface area (Å²) in [6.45, 7) is 4.14. The first-order chi connectivity index (χ1) is 17.0. The minimum Gasteiger partial charge on any atom is -0.324 e. The standard InChI is InChI=1S/C30H32N2O3/c1-3-18-11-8-12-19(4-2)27(18)31-28(33)24(15-17-9-6-5-7-10-17)32-29(34)25-20-13-14-21(23-16-22(20)23)26(25)30(32)35/h5-14,20-26H,3-4,15-16H2,1-2H3,(H,31,33)/t20-,21-,22-,23-,24-,25-,26+/m0/s1. The molecule has 0 unspecified atom stereocenters. The molecule has 2 bridgehead atoms. The molecule has 5 nitrogen and oxygen atoms in total. The SMILES string of the molecule is CCc1cccc(CC)c1NC(=O)[C@H](Cc1ccccc1)N1C(=O)[C@@H]2[C@H]3C=C[C@@H]([C@@H]4C[C@@H]34)[C@@H]2C1=O. The first kappa shape index (κ1) is 22.3. The fraction of sp³-hybridized carbons (Fsp3) is 0.433. The molecule has 35 heavy (non-hydrogen) atoms. The van der Waals surface area contributed by atoms with Crippen molar-refractivity contribution in [3.8, 4) is 0 Å². The minimum absolute atomic E-state index is 0.143. The third-order valence-corrected chi connectivity index (χ3v) is 8.83. The van der Waals surface area contributed by atoms with Gasteiger partial charge in [-0.3, -0.25) is 19.3 Å². The van der Waals surface area contributed by atoms with Gasteiger partial charge in [0.25, 0.3) is 0 Å². The molecule has 5 heteroatoms. The van der Waals surface area contributed by atoms with Gasteiger partial charge < -0.3 is 5.32 Å². The molecule has 2 aromatic carbocycles. The Balaban J connectivity index is 1.35. The molecule has 4 aliphatic carbocycles. The van der Waals surface area contributed by atoms with Gasteiger partial charge in [0.05, 0.1) is 11.8 Å². The predicted molar refractivity (Wildman–Crippen MR) is 134 cm³/mol. The van der Waals surface area contributed by atoms with Crippen LogP contribution in [0.1, 0.15) is 37.0 Å². The van der Waals surface area contributed by atoms with Crippen LogP contribution < -0.4 is 5.32 Å². The van der Waals surface area contributed by atoms with E-state index < -0.39 is 6.04 Å². The lowest BCUT2D eigenvalue weighted by atomic mass is 9.63. The number of carbonyl (C=O) groups is 3. The summed E-state index contributed by atoms with van der Waals surface area (Å²) >= 11 is 0. The van der Waals surface area contributed by atoms with Gasteiger partial charge in [0, 0.05) is 12.1 Å². The van der Waals surface area contributed by atoms with Crippen molar-refractivity contribution < 1.29 is 14.4 Å². The molecular weight excluding hydrogens is 436 g/mol. The fourth-order valence-electron chi connectivity index (χ4n) is 7.04. The van der Waals surface area contributed by atoms with Gasteiger partial charge in [-0.2, -0.15) is 0 Å². The first-order valence-corrected chi connectivity index (χ1v) is 13.0. The molecule has 2 saturated carbocycles. The van der Waals surface area contributed by atoms with Gasteiger partial charge in [0.1, 0.15) is 6.04 Å². The molecule has 2 aromatic rings. The Morgan fingerprint density at radius 1 is 0.886 bits per heavy atom. The van der Waals surface area contributed by atoms with Crippen LogP contribution in [0.5, 0.6) is 0 Å². The lowest BCUT2D eigenvalue weighted by molar-refractivity contribution is -0.146. The molecule has 5 aliphatic rings. The van der Waals surface area contributed by atoms with E-state index in [1.54, 1.807) is 0 Å². The molecule has 1 heterocycles. The Labute approximate surface area is 206 Å². The second kappa shape index (κ2) is 8.47. The highest BCUT2D eigenvalue weighted by atomic mass is 16.2. The highest BCUT2D eigenvalue weighted by Gasteiger charge is 2.67. The molecule has 180 valence electrons. The van der Waals surface area contributed by atoms with Gasteiger partial charge in [-0.1, -0.05) is 74.5 Å². The summed E-state index contributed by atoms with van der Waals surface area (Å²) in [7, 11) is 0. The summed E-state index contributed by atoms with van der Waals surface area (Å²) in [6.07, 6.45) is 7.36. The summed E-state index contributed by atoms with van der Waals surface area (Å²) in [5.41, 5.74) is 3.88. The van der Waals surface area contributed by atoms with E-state index in [4.69, 9.17) is 0 Å². The van der Waals surface area contributed by atoms with Gasteiger partial charge in [-0.25, -0.2) is 0 Å². The summed E-state index contributed by atoms with van der Waals surface area (Å²) in [4.78, 5) is 42.9. The molecule has 0 spiro atoms. The minimum atomic E-state index is -0.867. The van der Waals surface area contributed by atoms with Crippen LogP contribution in [0.4, 0.5) is 5.69 Å². The van der Waals surface area contributed by atoms with E-state index >= 15 is 0 Å². The van der Waals surface area contributed by atoms with Crippen molar-refractivity contribution in [1.29, 1.82) is 0 Å². The second-order valence-electron chi connectivity index (χ2n) is 10.6. The molecular formula is C30H32N2O3. The number of aryl methyl sites for hydroxylation is 2. The van der Waals surface area contributed by atoms with Crippen molar-refractivity contribution in [3.05, 3.63) is 77.4 Å². The predicted octanol–water partition coefficient (Wildman–Crippen LogP) is 4.41. The monoisotopic (exact) mass is 468 g/mol. The van der Waals surface area contributed by atoms with Crippen molar-refractivity contribution in [1.82, 2.24) is 4.90 Å². The normalized spacial score (nSPS) is 30.7. The van der Waals surface area contributed by atoms with E-state index in [0.29, 0.717) is 18.3 Å². The summed E-state index contributed by atoms with van der Waals surface area (Å²) in [6, 6.07) is 14.9. The summed E-state index contributed by atoms with van der Waals surface area (Å²) < 4.78 is 0. The Hall–Kier alpha value is -3.21. The van der Waals surface area contributed by atoms with E-state index in [1.165, 1.54) is 4.90 Å². The fourth-order valence-corrected chi connectivity index (χ4v) is 7.04. The third-order valence-electron chi connectivity index (χ3n) is 8.83. The maximum atomic E-state index is 13.9. The molecule has 3 amide bonds. The number of nitrogens with zero attached hydrogens (tertiary/aromatic N) is 1. The Morgan fingerprint density at radius 2 is 1.46 bits per heavy atom. The smallest absolute Gasteiger partial charge is 0.248 e. The zero-order valence-corrected chi connectivity index (χ0v) is 20.3. The first-order valence-electron chi connectivity index (χ1n) is 13.0. The number of allylic oxidation sites excluding steroid dienone is 2. The molecule has 3 fully saturated rings. The van der Waals surface area contributed by atoms with Gasteiger partial charge in [-0.05, 0) is 59.6 Å². The molecule has 0 aromatic heterocycles. The van der Waals surface area contributed by atoms with Crippen molar-refractivity contribution in [2.45, 2.75) is 45.6 Å². The number of amides is 3. The number of nitrogens with one attached hydrogen (secondary N) is 1. The van der Waals surface area contributed by atoms with Crippen molar-refractivity contribution in [2.75, 3.05) is 5.32 Å². The summed E-state index contributed by atoms with van der Waals surface area (Å²) in [5, 5.41) is 3.16. The number of imide groups is 1. The molecule has 1 saturated heterocycles. The van der Waals surface area contributed by atoms with Crippen molar-refractivity contribution >= 4 is 23.4 Å². The van der Waals surface area contributed by atoms with Crippen LogP contribution >= 0.6 is 0 Å². The number of carbonyl (C=O) groups excluding carboxylic acids is 3. The average molecular weight is 469 g/mol. The van der Waals surface area contributed by atoms with Gasteiger partial charge in [-0.15, -0.1) is 0 Å². The number of benzene rings is 2. The van der Waals surface area contributed by atoms with Gasteiger partial charge >= 0.3 is 0 Å². The highest BCUT2D eigenvalue weighted by Crippen LogP contribution is 2.65. The van der Waals surface area contributed by atoms with E-state index in [-0.39, 0.29) is 41.4 Å². The number of hydrogen-bond acceptors (Lipinski definition) is 3. The third kappa shape index (κ3) is 3.47. The van der Waals surface area contributed by atoms with Crippen LogP contribution in [0, 0.1) is 35.5 Å². The Morgan fingerprint density at radius 3 is 2.00 bits per heavy atom. The quantitative estimate of drug-likeness (QED) is 0.483. The van der Waals surface area contributed by atoms with Crippen LogP contribution in [0.15, 0.2) is 60.7 Å². The van der Waals surface area contributed by atoms with E-state index in [2.05, 4.69) is 31.3 Å². The number of hydrogen-bond donors (Lipinski definition) is 1. The number of para-hydroxylation sites is 1. The average Bonchev–Trinajstić information content (AvgIpc) is 3.67. The Bertz CT molecular complexity index is 1160. The van der Waals surface area contributed by atoms with Crippen LogP contribution in [-0.2, 0) is 33.6 Å². The van der Waals surface area contributed by atoms with Crippen LogP contribution in [-0.4, -0.2) is 28.7 Å². The molecule has 7 rings (SSSR count). The largest absolute Gasteiger partial charge is 0.324 e. The van der Waals surface area contributed by atoms with E-state index in [0.717, 1.165) is 41.6 Å². The number of rotatable bonds is 7. The van der Waals surface area contributed by atoms with Crippen LogP contribution in [0.25, 0.3) is 0 Å². The van der Waals surface area contributed by atoms with E-state index in [9.17, 15) is 14.4 Å². The molecule has 0 radical (unpaired) electrons. The second-order valence-corrected chi connectivity index (χ2v) is 10.6. The topological polar surface area (TPSA) is 66.5 Å². The van der Waals surface area contributed by atoms with Crippen molar-refractivity contribution in [3.63, 3.8) is 0 Å². The highest BCUT2D eigenvalue weighted by molar-refractivity contribution is 6.11. The van der Waals surface area contributed by atoms with Gasteiger partial charge in [0.2, 0.25) is 17.7 Å². The van der Waals surface area contributed by atoms with Crippen LogP contribution in [0.2, 0.25) is 0 Å². The number of likely N-dealkylation sites (tertiary alicyclic amines) is 1. The van der Waals surface area contributed by atoms with Crippen LogP contribution in [0.3, 0.4) is 0 Å². The molecule has 1 aliphatic heterocycles. The maximum absolute atomic E-state index is 13.9. The lowest BCUT2D eigenvalue weighted by Gasteiger charge is -2.37. The zero-order chi connectivity index (χ0) is 24.3. The molecule has 7 atom stereocenters. The summed E-state index contributed by atoms with van der Waals surface area (Å²) in [5.74, 6) is 0.160. The lowest BCUT2D eigenvalue weighted by Crippen LogP contribution is -2.49. The van der Waals surface area contributed by atoms with Gasteiger partial charge in [0.15, 0.2) is 0 Å². The number of anilines is 1. The zero-order valence-electron chi connectivity index (χ0n) is 20.3. The maximum Gasteiger partial charge on any atom is 0.248 e.